The minimum absolute atomic E-state index is 0.00143. The van der Waals surface area contributed by atoms with Crippen molar-refractivity contribution in [1.82, 2.24) is 15.5 Å². The van der Waals surface area contributed by atoms with Gasteiger partial charge < -0.3 is 35.9 Å². The largest absolute Gasteiger partial charge is 0.447 e. The molecule has 2 aliphatic rings. The van der Waals surface area contributed by atoms with Crippen LogP contribution in [0.15, 0.2) is 5.16 Å². The average molecular weight is 526 g/mol. The molecule has 212 valence electrons. The molecule has 37 heavy (non-hydrogen) atoms. The number of hydrogen-bond acceptors (Lipinski definition) is 7. The van der Waals surface area contributed by atoms with E-state index < -0.39 is 23.8 Å². The van der Waals surface area contributed by atoms with Crippen molar-refractivity contribution in [2.75, 3.05) is 19.7 Å². The molecule has 2 atom stereocenters. The Kier molecular flexibility index (Phi) is 11.9. The van der Waals surface area contributed by atoms with Crippen molar-refractivity contribution in [2.45, 2.75) is 110 Å². The summed E-state index contributed by atoms with van der Waals surface area (Å²) in [6.45, 7) is 10.5. The van der Waals surface area contributed by atoms with Crippen molar-refractivity contribution < 1.29 is 29.1 Å². The van der Waals surface area contributed by atoms with Crippen LogP contribution in [0.2, 0.25) is 0 Å². The van der Waals surface area contributed by atoms with Gasteiger partial charge in [0.1, 0.15) is 17.9 Å². The molecule has 1 saturated carbocycles. The van der Waals surface area contributed by atoms with Crippen LogP contribution in [0.4, 0.5) is 4.79 Å². The first-order valence-corrected chi connectivity index (χ1v) is 13.7. The molecule has 1 saturated heterocycles. The van der Waals surface area contributed by atoms with Gasteiger partial charge in [-0.05, 0) is 78.1 Å². The van der Waals surface area contributed by atoms with Gasteiger partial charge in [-0.15, -0.1) is 0 Å². The molecule has 0 aromatic carbocycles. The Balaban J connectivity index is 2.00. The lowest BCUT2D eigenvalue weighted by Gasteiger charge is -2.33. The molecule has 1 aliphatic heterocycles. The molecule has 2 rings (SSSR count). The van der Waals surface area contributed by atoms with Crippen LogP contribution in [0.25, 0.3) is 0 Å². The number of hydrogen-bond donors (Lipinski definition) is 4. The molecule has 0 bridgehead atoms. The SMILES string of the molecule is CCC(C)(CC)OC[C@@H](NC(=O)OC(C)C)C(=O)N1CCC[C@H]1C(=O)NCC1CCC(C(N)=NO)CC1. The van der Waals surface area contributed by atoms with E-state index >= 15 is 0 Å². The number of rotatable bonds is 12. The van der Waals surface area contributed by atoms with Gasteiger partial charge in [0.05, 0.1) is 18.3 Å². The lowest BCUT2D eigenvalue weighted by atomic mass is 9.81. The molecule has 0 radical (unpaired) electrons. The van der Waals surface area contributed by atoms with Crippen LogP contribution in [0.3, 0.4) is 0 Å². The summed E-state index contributed by atoms with van der Waals surface area (Å²) in [5.41, 5.74) is 5.31. The molecule has 1 heterocycles. The minimum Gasteiger partial charge on any atom is -0.447 e. The number of amides is 3. The topological polar surface area (TPSA) is 156 Å². The van der Waals surface area contributed by atoms with Crippen LogP contribution >= 0.6 is 0 Å². The number of ether oxygens (including phenoxy) is 2. The summed E-state index contributed by atoms with van der Waals surface area (Å²) in [4.78, 5) is 40.6. The summed E-state index contributed by atoms with van der Waals surface area (Å²) in [5, 5.41) is 17.7. The van der Waals surface area contributed by atoms with Crippen LogP contribution in [0.1, 0.15) is 86.0 Å². The Morgan fingerprint density at radius 1 is 1.14 bits per heavy atom. The number of alkyl carbamates (subject to hydrolysis) is 1. The average Bonchev–Trinajstić information content (AvgIpc) is 3.38. The lowest BCUT2D eigenvalue weighted by molar-refractivity contribution is -0.143. The number of likely N-dealkylation sites (tertiary alicyclic amines) is 1. The van der Waals surface area contributed by atoms with Crippen molar-refractivity contribution in [3.05, 3.63) is 0 Å². The molecule has 0 aromatic rings. The smallest absolute Gasteiger partial charge is 0.408 e. The number of amidine groups is 1. The second-order valence-electron chi connectivity index (χ2n) is 10.8. The van der Waals surface area contributed by atoms with Crippen molar-refractivity contribution in [1.29, 1.82) is 0 Å². The summed E-state index contributed by atoms with van der Waals surface area (Å²) < 4.78 is 11.3. The predicted molar refractivity (Wildman–Crippen MR) is 140 cm³/mol. The van der Waals surface area contributed by atoms with E-state index in [-0.39, 0.29) is 36.3 Å². The van der Waals surface area contributed by atoms with Crippen molar-refractivity contribution in [3.63, 3.8) is 0 Å². The zero-order valence-electron chi connectivity index (χ0n) is 23.1. The second-order valence-corrected chi connectivity index (χ2v) is 10.8. The molecule has 11 nitrogen and oxygen atoms in total. The van der Waals surface area contributed by atoms with E-state index in [1.165, 1.54) is 0 Å². The van der Waals surface area contributed by atoms with Gasteiger partial charge in [-0.25, -0.2) is 4.79 Å². The maximum absolute atomic E-state index is 13.6. The highest BCUT2D eigenvalue weighted by molar-refractivity contribution is 5.92. The van der Waals surface area contributed by atoms with E-state index in [1.807, 2.05) is 20.8 Å². The van der Waals surface area contributed by atoms with E-state index in [1.54, 1.807) is 18.7 Å². The van der Waals surface area contributed by atoms with Gasteiger partial charge >= 0.3 is 6.09 Å². The number of nitrogens with one attached hydrogen (secondary N) is 2. The number of oxime groups is 1. The third-order valence-electron chi connectivity index (χ3n) is 7.81. The van der Waals surface area contributed by atoms with Gasteiger partial charge in [0.2, 0.25) is 11.8 Å². The number of carbonyl (C=O) groups is 3. The number of carbonyl (C=O) groups excluding carboxylic acids is 3. The first kappa shape index (κ1) is 30.7. The summed E-state index contributed by atoms with van der Waals surface area (Å²) in [6.07, 6.45) is 5.17. The van der Waals surface area contributed by atoms with Gasteiger partial charge in [0, 0.05) is 19.0 Å². The first-order chi connectivity index (χ1) is 17.5. The zero-order valence-corrected chi connectivity index (χ0v) is 23.1. The molecule has 5 N–H and O–H groups in total. The third-order valence-corrected chi connectivity index (χ3v) is 7.81. The quantitative estimate of drug-likeness (QED) is 0.132. The van der Waals surface area contributed by atoms with E-state index in [4.69, 9.17) is 20.4 Å². The monoisotopic (exact) mass is 525 g/mol. The highest BCUT2D eigenvalue weighted by Crippen LogP contribution is 2.29. The Morgan fingerprint density at radius 3 is 2.35 bits per heavy atom. The molecular weight excluding hydrogens is 478 g/mol. The van der Waals surface area contributed by atoms with E-state index in [2.05, 4.69) is 15.8 Å². The van der Waals surface area contributed by atoms with E-state index in [9.17, 15) is 14.4 Å². The van der Waals surface area contributed by atoms with Crippen molar-refractivity contribution in [3.8, 4) is 0 Å². The fourth-order valence-electron chi connectivity index (χ4n) is 4.91. The third kappa shape index (κ3) is 9.05. The van der Waals surface area contributed by atoms with Gasteiger partial charge in [0.25, 0.3) is 0 Å². The lowest BCUT2D eigenvalue weighted by Crippen LogP contribution is -2.56. The molecule has 3 amide bonds. The summed E-state index contributed by atoms with van der Waals surface area (Å²) in [5.74, 6) is 0.140. The zero-order chi connectivity index (χ0) is 27.6. The predicted octanol–water partition coefficient (Wildman–Crippen LogP) is 2.74. The first-order valence-electron chi connectivity index (χ1n) is 13.7. The maximum Gasteiger partial charge on any atom is 0.408 e. The molecule has 1 aliphatic carbocycles. The van der Waals surface area contributed by atoms with Crippen LogP contribution in [0, 0.1) is 11.8 Å². The fraction of sp³-hybridized carbons (Fsp3) is 0.846. The van der Waals surface area contributed by atoms with Crippen molar-refractivity contribution >= 4 is 23.7 Å². The van der Waals surface area contributed by atoms with Crippen LogP contribution in [0.5, 0.6) is 0 Å². The highest BCUT2D eigenvalue weighted by atomic mass is 16.6. The number of nitrogens with two attached hydrogens (primary N) is 1. The Morgan fingerprint density at radius 2 is 1.78 bits per heavy atom. The summed E-state index contributed by atoms with van der Waals surface area (Å²) in [7, 11) is 0. The van der Waals surface area contributed by atoms with Crippen LogP contribution < -0.4 is 16.4 Å². The molecular formula is C26H47N5O6. The summed E-state index contributed by atoms with van der Waals surface area (Å²) in [6, 6.07) is -1.54. The van der Waals surface area contributed by atoms with Gasteiger partial charge in [-0.1, -0.05) is 19.0 Å². The van der Waals surface area contributed by atoms with Crippen LogP contribution in [-0.2, 0) is 19.1 Å². The Bertz CT molecular complexity index is 792. The van der Waals surface area contributed by atoms with E-state index in [0.29, 0.717) is 31.8 Å². The molecule has 0 unspecified atom stereocenters. The van der Waals surface area contributed by atoms with Gasteiger partial charge in [0.15, 0.2) is 0 Å². The van der Waals surface area contributed by atoms with E-state index in [0.717, 1.165) is 38.5 Å². The molecule has 0 spiro atoms. The standard InChI is InChI=1S/C26H47N5O6/c1-6-26(5,7-2)36-16-20(29-25(34)37-17(3)4)24(33)31-14-8-9-21(31)23(32)28-15-18-10-12-19(13-11-18)22(27)30-35/h17-21,35H,6-16H2,1-5H3,(H2,27,30)(H,28,32)(H,29,34)/t18?,19?,20-,21+/m1/s1. The second kappa shape index (κ2) is 14.4. The Labute approximate surface area is 220 Å². The molecule has 2 fully saturated rings. The van der Waals surface area contributed by atoms with Gasteiger partial charge in [-0.3, -0.25) is 9.59 Å². The summed E-state index contributed by atoms with van der Waals surface area (Å²) >= 11 is 0. The highest BCUT2D eigenvalue weighted by Gasteiger charge is 2.39. The maximum atomic E-state index is 13.6. The fourth-order valence-corrected chi connectivity index (χ4v) is 4.91. The van der Waals surface area contributed by atoms with Gasteiger partial charge in [-0.2, -0.15) is 0 Å². The number of nitrogens with zero attached hydrogens (tertiary/aromatic N) is 2. The van der Waals surface area contributed by atoms with Crippen molar-refractivity contribution in [2.24, 2.45) is 22.7 Å². The molecule has 11 heteroatoms. The Hall–Kier alpha value is -2.56. The molecule has 0 aromatic heterocycles. The van der Waals surface area contributed by atoms with Crippen LogP contribution in [-0.4, -0.2) is 77.3 Å². The minimum atomic E-state index is -0.953. The normalized spacial score (nSPS) is 23.6.